The summed E-state index contributed by atoms with van der Waals surface area (Å²) >= 11 is 0. The minimum atomic E-state index is -4.67. The zero-order valence-electron chi connectivity index (χ0n) is 9.81. The number of carboxylic acid groups (broad SMARTS) is 1. The van der Waals surface area contributed by atoms with Crippen molar-refractivity contribution in [3.63, 3.8) is 0 Å². The lowest BCUT2D eigenvalue weighted by Gasteiger charge is -2.14. The van der Waals surface area contributed by atoms with Crippen LogP contribution in [0.4, 0.5) is 13.2 Å². The second-order valence-corrected chi connectivity index (χ2v) is 5.52. The zero-order valence-corrected chi connectivity index (χ0v) is 10.6. The number of nitrogens with one attached hydrogen (secondary N) is 1. The summed E-state index contributed by atoms with van der Waals surface area (Å²) in [4.78, 5) is 9.60. The molecule has 0 aliphatic rings. The number of aliphatic hydroxyl groups excluding tert-OH is 1. The molecule has 0 aromatic heterocycles. The van der Waals surface area contributed by atoms with Crippen molar-refractivity contribution in [1.82, 2.24) is 4.72 Å². The van der Waals surface area contributed by atoms with Gasteiger partial charge in [-0.25, -0.2) is 31.1 Å². The lowest BCUT2D eigenvalue weighted by atomic mass is 10.2. The first kappa shape index (κ1) is 16.4. The third kappa shape index (κ3) is 3.92. The number of hydrogen-bond donors (Lipinski definition) is 3. The summed E-state index contributed by atoms with van der Waals surface area (Å²) in [6.45, 7) is -3.03. The molecule has 0 aliphatic heterocycles. The number of hydrogen-bond acceptors (Lipinski definition) is 4. The minimum absolute atomic E-state index is 0.511. The maximum atomic E-state index is 13.4. The number of rotatable bonds is 6. The predicted octanol–water partition coefficient (Wildman–Crippen LogP) is 0.430. The smallest absolute Gasteiger partial charge is 0.335 e. The van der Waals surface area contributed by atoms with Gasteiger partial charge in [0.05, 0.1) is 12.1 Å². The van der Waals surface area contributed by atoms with Crippen molar-refractivity contribution in [2.24, 2.45) is 0 Å². The van der Waals surface area contributed by atoms with Crippen LogP contribution in [0.15, 0.2) is 23.1 Å². The zero-order chi connectivity index (χ0) is 15.6. The van der Waals surface area contributed by atoms with E-state index in [1.165, 1.54) is 4.72 Å². The van der Waals surface area contributed by atoms with Crippen LogP contribution in [0, 0.1) is 5.82 Å². The van der Waals surface area contributed by atoms with E-state index in [2.05, 4.69) is 0 Å². The maximum absolute atomic E-state index is 13.4. The van der Waals surface area contributed by atoms with Crippen LogP contribution in [0.1, 0.15) is 10.4 Å². The highest BCUT2D eigenvalue weighted by Crippen LogP contribution is 2.18. The van der Waals surface area contributed by atoms with Gasteiger partial charge in [-0.05, 0) is 18.2 Å². The Balaban J connectivity index is 3.09. The highest BCUT2D eigenvalue weighted by Gasteiger charge is 2.31. The van der Waals surface area contributed by atoms with Gasteiger partial charge in [0.15, 0.2) is 0 Å². The topological polar surface area (TPSA) is 104 Å². The fourth-order valence-corrected chi connectivity index (χ4v) is 2.34. The summed E-state index contributed by atoms with van der Waals surface area (Å²) in [5.41, 5.74) is -0.513. The van der Waals surface area contributed by atoms with Crippen molar-refractivity contribution in [2.75, 3.05) is 13.2 Å². The minimum Gasteiger partial charge on any atom is -0.478 e. The van der Waals surface area contributed by atoms with E-state index in [4.69, 9.17) is 10.2 Å². The quantitative estimate of drug-likeness (QED) is 0.706. The lowest BCUT2D eigenvalue weighted by molar-refractivity contribution is -0.0437. The Kier molecular flexibility index (Phi) is 4.73. The van der Waals surface area contributed by atoms with Crippen molar-refractivity contribution in [3.05, 3.63) is 29.6 Å². The summed E-state index contributed by atoms with van der Waals surface area (Å²) in [5.74, 6) is -6.49. The molecule has 0 spiro atoms. The van der Waals surface area contributed by atoms with E-state index in [-0.39, 0.29) is 0 Å². The van der Waals surface area contributed by atoms with Crippen LogP contribution in [0.3, 0.4) is 0 Å². The van der Waals surface area contributed by atoms with Crippen LogP contribution in [0.2, 0.25) is 0 Å². The molecule has 0 saturated heterocycles. The van der Waals surface area contributed by atoms with Gasteiger partial charge in [0.25, 0.3) is 5.92 Å². The van der Waals surface area contributed by atoms with Crippen molar-refractivity contribution < 1.29 is 36.6 Å². The normalized spacial score (nSPS) is 12.4. The molecule has 20 heavy (non-hydrogen) atoms. The van der Waals surface area contributed by atoms with Crippen molar-refractivity contribution in [1.29, 1.82) is 0 Å². The molecule has 6 nitrogen and oxygen atoms in total. The first-order chi connectivity index (χ1) is 9.09. The van der Waals surface area contributed by atoms with E-state index in [0.717, 1.165) is 6.07 Å². The number of alkyl halides is 2. The Bertz CT molecular complexity index is 617. The molecule has 112 valence electrons. The fourth-order valence-electron chi connectivity index (χ4n) is 1.18. The number of carbonyl (C=O) groups is 1. The lowest BCUT2D eigenvalue weighted by Crippen LogP contribution is -2.39. The Hall–Kier alpha value is -1.65. The summed E-state index contributed by atoms with van der Waals surface area (Å²) in [7, 11) is -4.67. The second-order valence-electron chi connectivity index (χ2n) is 3.79. The SMILES string of the molecule is O=C(O)c1ccc(F)c(S(=O)(=O)NCC(F)(F)CO)c1. The van der Waals surface area contributed by atoms with E-state index in [0.29, 0.717) is 12.1 Å². The highest BCUT2D eigenvalue weighted by molar-refractivity contribution is 7.89. The molecule has 0 bridgehead atoms. The van der Waals surface area contributed by atoms with Crippen LogP contribution in [0.5, 0.6) is 0 Å². The standard InChI is InChI=1S/C10H10F3NO5S/c11-7-2-1-6(9(16)17)3-8(7)20(18,19)14-4-10(12,13)5-15/h1-3,14-15H,4-5H2,(H,16,17). The molecule has 10 heteroatoms. The van der Waals surface area contributed by atoms with Crippen molar-refractivity contribution in [2.45, 2.75) is 10.8 Å². The number of aromatic carboxylic acids is 1. The average molecular weight is 313 g/mol. The van der Waals surface area contributed by atoms with Crippen LogP contribution in [0.25, 0.3) is 0 Å². The van der Waals surface area contributed by atoms with E-state index in [9.17, 15) is 26.4 Å². The third-order valence-electron chi connectivity index (χ3n) is 2.22. The summed E-state index contributed by atoms with van der Waals surface area (Å²) in [6.07, 6.45) is 0. The summed E-state index contributed by atoms with van der Waals surface area (Å²) in [5, 5.41) is 17.0. The number of carboxylic acids is 1. The molecule has 1 rings (SSSR count). The summed E-state index contributed by atoms with van der Waals surface area (Å²) < 4.78 is 63.5. The molecule has 0 atom stereocenters. The van der Waals surface area contributed by atoms with E-state index >= 15 is 0 Å². The van der Waals surface area contributed by atoms with E-state index < -0.39 is 51.3 Å². The Labute approximate surface area is 111 Å². The van der Waals surface area contributed by atoms with Gasteiger partial charge in [-0.3, -0.25) is 0 Å². The molecule has 1 aromatic carbocycles. The van der Waals surface area contributed by atoms with E-state index in [1.807, 2.05) is 0 Å². The van der Waals surface area contributed by atoms with Crippen LogP contribution in [-0.4, -0.2) is 43.7 Å². The molecule has 0 saturated carbocycles. The van der Waals surface area contributed by atoms with Crippen LogP contribution in [-0.2, 0) is 10.0 Å². The molecular formula is C10H10F3NO5S. The van der Waals surface area contributed by atoms with Gasteiger partial charge in [-0.2, -0.15) is 0 Å². The molecule has 0 aliphatic carbocycles. The first-order valence-electron chi connectivity index (χ1n) is 5.10. The highest BCUT2D eigenvalue weighted by atomic mass is 32.2. The first-order valence-corrected chi connectivity index (χ1v) is 6.58. The molecule has 3 N–H and O–H groups in total. The summed E-state index contributed by atoms with van der Waals surface area (Å²) in [6, 6.07) is 1.94. The second kappa shape index (κ2) is 5.77. The van der Waals surface area contributed by atoms with Gasteiger partial charge in [-0.15, -0.1) is 0 Å². The van der Waals surface area contributed by atoms with Gasteiger partial charge in [0, 0.05) is 0 Å². The molecule has 1 aromatic rings. The Morgan fingerprint density at radius 3 is 2.45 bits per heavy atom. The number of sulfonamides is 1. The predicted molar refractivity (Wildman–Crippen MR) is 60.6 cm³/mol. The van der Waals surface area contributed by atoms with Gasteiger partial charge in [-0.1, -0.05) is 0 Å². The van der Waals surface area contributed by atoms with Crippen LogP contribution >= 0.6 is 0 Å². The molecule has 0 unspecified atom stereocenters. The Morgan fingerprint density at radius 1 is 1.35 bits per heavy atom. The number of halogens is 3. The van der Waals surface area contributed by atoms with Gasteiger partial charge < -0.3 is 10.2 Å². The monoisotopic (exact) mass is 313 g/mol. The van der Waals surface area contributed by atoms with Gasteiger partial charge in [0.1, 0.15) is 17.3 Å². The molecule has 0 radical (unpaired) electrons. The fraction of sp³-hybridized carbons (Fsp3) is 0.300. The molecular weight excluding hydrogens is 303 g/mol. The van der Waals surface area contributed by atoms with E-state index in [1.54, 1.807) is 0 Å². The Morgan fingerprint density at radius 2 is 1.95 bits per heavy atom. The molecule has 0 amide bonds. The van der Waals surface area contributed by atoms with Gasteiger partial charge in [0.2, 0.25) is 10.0 Å². The van der Waals surface area contributed by atoms with Crippen molar-refractivity contribution in [3.8, 4) is 0 Å². The van der Waals surface area contributed by atoms with Crippen molar-refractivity contribution >= 4 is 16.0 Å². The number of aliphatic hydroxyl groups is 1. The molecule has 0 fully saturated rings. The van der Waals surface area contributed by atoms with Crippen LogP contribution < -0.4 is 4.72 Å². The largest absolute Gasteiger partial charge is 0.478 e. The maximum Gasteiger partial charge on any atom is 0.335 e. The molecule has 0 heterocycles. The van der Waals surface area contributed by atoms with Gasteiger partial charge >= 0.3 is 5.97 Å². The number of benzene rings is 1. The average Bonchev–Trinajstić information content (AvgIpc) is 2.37. The third-order valence-corrected chi connectivity index (χ3v) is 3.64.